The average molecular weight is 267 g/mol. The van der Waals surface area contributed by atoms with Crippen molar-refractivity contribution in [2.75, 3.05) is 11.9 Å². The minimum Gasteiger partial charge on any atom is -0.424 e. The van der Waals surface area contributed by atoms with Crippen LogP contribution in [0.2, 0.25) is 0 Å². The number of anilines is 1. The van der Waals surface area contributed by atoms with Crippen LogP contribution in [0.1, 0.15) is 18.1 Å². The van der Waals surface area contributed by atoms with Gasteiger partial charge in [0, 0.05) is 18.9 Å². The third-order valence-corrected chi connectivity index (χ3v) is 3.21. The maximum Gasteiger partial charge on any atom is 0.295 e. The van der Waals surface area contributed by atoms with Crippen molar-refractivity contribution in [2.45, 2.75) is 19.8 Å². The lowest BCUT2D eigenvalue weighted by molar-refractivity contribution is 0.616. The molecule has 0 saturated carbocycles. The highest BCUT2D eigenvalue weighted by Crippen LogP contribution is 2.20. The first-order valence-electron chi connectivity index (χ1n) is 6.87. The first-order chi connectivity index (χ1) is 9.85. The number of hydrogen-bond donors (Lipinski definition) is 1. The molecule has 0 amide bonds. The second kappa shape index (κ2) is 5.74. The van der Waals surface area contributed by atoms with Gasteiger partial charge in [-0.1, -0.05) is 12.1 Å². The van der Waals surface area contributed by atoms with Crippen molar-refractivity contribution in [1.82, 2.24) is 9.97 Å². The molecule has 20 heavy (non-hydrogen) atoms. The molecule has 2 aromatic heterocycles. The maximum atomic E-state index is 5.59. The number of fused-ring (bicyclic) bond motifs is 1. The van der Waals surface area contributed by atoms with Gasteiger partial charge in [0.15, 0.2) is 5.58 Å². The van der Waals surface area contributed by atoms with Gasteiger partial charge in [0.1, 0.15) is 5.52 Å². The van der Waals surface area contributed by atoms with Gasteiger partial charge in [-0.15, -0.1) is 0 Å². The van der Waals surface area contributed by atoms with E-state index in [2.05, 4.69) is 33.5 Å². The van der Waals surface area contributed by atoms with Crippen molar-refractivity contribution in [2.24, 2.45) is 0 Å². The van der Waals surface area contributed by atoms with Crippen LogP contribution < -0.4 is 5.32 Å². The van der Waals surface area contributed by atoms with Crippen LogP contribution in [0.15, 0.2) is 47.1 Å². The lowest BCUT2D eigenvalue weighted by atomic mass is 10.1. The van der Waals surface area contributed by atoms with Crippen LogP contribution in [0.25, 0.3) is 11.1 Å². The predicted octanol–water partition coefficient (Wildman–Crippen LogP) is 3.44. The van der Waals surface area contributed by atoms with Crippen LogP contribution in [0, 0.1) is 0 Å². The summed E-state index contributed by atoms with van der Waals surface area (Å²) < 4.78 is 5.59. The molecule has 0 bridgehead atoms. The van der Waals surface area contributed by atoms with E-state index in [-0.39, 0.29) is 0 Å². The highest BCUT2D eigenvalue weighted by molar-refractivity contribution is 5.75. The highest BCUT2D eigenvalue weighted by Gasteiger charge is 2.05. The van der Waals surface area contributed by atoms with E-state index in [1.807, 2.05) is 25.3 Å². The first-order valence-corrected chi connectivity index (χ1v) is 6.87. The maximum absolute atomic E-state index is 5.59. The SMILES string of the molecule is CCNc1nc2cc(CCc3cccnc3)ccc2o1. The Bertz CT molecular complexity index is 691. The second-order valence-electron chi connectivity index (χ2n) is 4.71. The molecule has 2 heterocycles. The van der Waals surface area contributed by atoms with E-state index in [1.54, 1.807) is 6.20 Å². The fourth-order valence-corrected chi connectivity index (χ4v) is 2.19. The topological polar surface area (TPSA) is 51.0 Å². The summed E-state index contributed by atoms with van der Waals surface area (Å²) in [5.74, 6) is 0. The fourth-order valence-electron chi connectivity index (χ4n) is 2.19. The summed E-state index contributed by atoms with van der Waals surface area (Å²) in [6, 6.07) is 10.8. The van der Waals surface area contributed by atoms with E-state index in [0.717, 1.165) is 30.5 Å². The minimum atomic E-state index is 0.590. The normalized spacial score (nSPS) is 10.8. The summed E-state index contributed by atoms with van der Waals surface area (Å²) in [4.78, 5) is 8.56. The Kier molecular flexibility index (Phi) is 3.63. The van der Waals surface area contributed by atoms with Crippen LogP contribution in [-0.2, 0) is 12.8 Å². The number of nitrogens with zero attached hydrogens (tertiary/aromatic N) is 2. The van der Waals surface area contributed by atoms with Crippen molar-refractivity contribution in [1.29, 1.82) is 0 Å². The summed E-state index contributed by atoms with van der Waals surface area (Å²) in [5, 5.41) is 3.09. The van der Waals surface area contributed by atoms with Gasteiger partial charge >= 0.3 is 0 Å². The predicted molar refractivity (Wildman–Crippen MR) is 79.8 cm³/mol. The zero-order valence-electron chi connectivity index (χ0n) is 11.5. The summed E-state index contributed by atoms with van der Waals surface area (Å²) in [6.07, 6.45) is 5.67. The van der Waals surface area contributed by atoms with Gasteiger partial charge in [0.05, 0.1) is 0 Å². The number of pyridine rings is 1. The molecule has 0 aliphatic rings. The molecule has 1 N–H and O–H groups in total. The third kappa shape index (κ3) is 2.79. The van der Waals surface area contributed by atoms with Crippen molar-refractivity contribution in [3.8, 4) is 0 Å². The van der Waals surface area contributed by atoms with Crippen LogP contribution in [0.5, 0.6) is 0 Å². The van der Waals surface area contributed by atoms with Crippen LogP contribution in [0.4, 0.5) is 6.01 Å². The molecular formula is C16H17N3O. The molecule has 0 radical (unpaired) electrons. The van der Waals surface area contributed by atoms with Gasteiger partial charge in [0.25, 0.3) is 6.01 Å². The molecule has 3 aromatic rings. The Balaban J connectivity index is 1.75. The summed E-state index contributed by atoms with van der Waals surface area (Å²) in [6.45, 7) is 2.83. The van der Waals surface area contributed by atoms with Gasteiger partial charge < -0.3 is 9.73 Å². The van der Waals surface area contributed by atoms with Crippen molar-refractivity contribution >= 4 is 17.1 Å². The van der Waals surface area contributed by atoms with Crippen LogP contribution in [0.3, 0.4) is 0 Å². The second-order valence-corrected chi connectivity index (χ2v) is 4.71. The Hall–Kier alpha value is -2.36. The Morgan fingerprint density at radius 1 is 1.15 bits per heavy atom. The van der Waals surface area contributed by atoms with Crippen LogP contribution in [-0.4, -0.2) is 16.5 Å². The molecule has 102 valence electrons. The lowest BCUT2D eigenvalue weighted by Gasteiger charge is -2.01. The molecule has 0 fully saturated rings. The summed E-state index contributed by atoms with van der Waals surface area (Å²) in [5.41, 5.74) is 4.24. The number of hydrogen-bond acceptors (Lipinski definition) is 4. The van der Waals surface area contributed by atoms with Gasteiger partial charge in [-0.3, -0.25) is 4.98 Å². The zero-order chi connectivity index (χ0) is 13.8. The molecule has 0 atom stereocenters. The van der Waals surface area contributed by atoms with E-state index < -0.39 is 0 Å². The van der Waals surface area contributed by atoms with Crippen molar-refractivity contribution in [3.63, 3.8) is 0 Å². The Labute approximate surface area is 117 Å². The van der Waals surface area contributed by atoms with E-state index >= 15 is 0 Å². The number of rotatable bonds is 5. The Morgan fingerprint density at radius 3 is 2.85 bits per heavy atom. The minimum absolute atomic E-state index is 0.590. The van der Waals surface area contributed by atoms with E-state index in [9.17, 15) is 0 Å². The Morgan fingerprint density at radius 2 is 2.05 bits per heavy atom. The third-order valence-electron chi connectivity index (χ3n) is 3.21. The first kappa shape index (κ1) is 12.7. The van der Waals surface area contributed by atoms with E-state index in [1.165, 1.54) is 11.1 Å². The van der Waals surface area contributed by atoms with E-state index in [4.69, 9.17) is 4.42 Å². The molecule has 0 saturated heterocycles. The summed E-state index contributed by atoms with van der Waals surface area (Å²) >= 11 is 0. The molecule has 3 rings (SSSR count). The largest absolute Gasteiger partial charge is 0.424 e. The number of oxazole rings is 1. The monoisotopic (exact) mass is 267 g/mol. The standard InChI is InChI=1S/C16H17N3O/c1-2-18-16-19-14-10-12(7-8-15(14)20-16)5-6-13-4-3-9-17-11-13/h3-4,7-11H,2,5-6H2,1H3,(H,18,19). The number of benzene rings is 1. The van der Waals surface area contributed by atoms with Gasteiger partial charge in [-0.25, -0.2) is 0 Å². The molecular weight excluding hydrogens is 250 g/mol. The lowest BCUT2D eigenvalue weighted by Crippen LogP contribution is -1.95. The molecule has 0 aliphatic heterocycles. The molecule has 0 spiro atoms. The fraction of sp³-hybridized carbons (Fsp3) is 0.250. The number of nitrogens with one attached hydrogen (secondary N) is 1. The van der Waals surface area contributed by atoms with Gasteiger partial charge in [-0.05, 0) is 49.1 Å². The smallest absolute Gasteiger partial charge is 0.295 e. The highest BCUT2D eigenvalue weighted by atomic mass is 16.4. The number of aryl methyl sites for hydroxylation is 2. The van der Waals surface area contributed by atoms with Gasteiger partial charge in [-0.2, -0.15) is 4.98 Å². The molecule has 0 unspecified atom stereocenters. The van der Waals surface area contributed by atoms with Crippen molar-refractivity contribution < 1.29 is 4.42 Å². The molecule has 4 nitrogen and oxygen atoms in total. The number of aromatic nitrogens is 2. The zero-order valence-corrected chi connectivity index (χ0v) is 11.5. The van der Waals surface area contributed by atoms with Crippen molar-refractivity contribution in [3.05, 3.63) is 53.9 Å². The molecule has 0 aliphatic carbocycles. The molecule has 1 aromatic carbocycles. The quantitative estimate of drug-likeness (QED) is 0.769. The van der Waals surface area contributed by atoms with Crippen LogP contribution >= 0.6 is 0 Å². The summed E-state index contributed by atoms with van der Waals surface area (Å²) in [7, 11) is 0. The average Bonchev–Trinajstić information content (AvgIpc) is 2.88. The van der Waals surface area contributed by atoms with Gasteiger partial charge in [0.2, 0.25) is 0 Å². The van der Waals surface area contributed by atoms with E-state index in [0.29, 0.717) is 6.01 Å². The molecule has 4 heteroatoms.